The van der Waals surface area contributed by atoms with Gasteiger partial charge in [-0.2, -0.15) is 13.2 Å². The van der Waals surface area contributed by atoms with E-state index in [0.29, 0.717) is 57.9 Å². The first-order valence-electron chi connectivity index (χ1n) is 10.1. The molecule has 1 atom stereocenters. The van der Waals surface area contributed by atoms with E-state index in [1.54, 1.807) is 6.07 Å². The molecular formula is C23H25F3N2O2. The molecule has 1 amide bonds. The van der Waals surface area contributed by atoms with E-state index in [-0.39, 0.29) is 11.3 Å². The van der Waals surface area contributed by atoms with Crippen molar-refractivity contribution in [2.75, 3.05) is 32.8 Å². The summed E-state index contributed by atoms with van der Waals surface area (Å²) in [6.07, 6.45) is -3.95. The molecule has 1 unspecified atom stereocenters. The summed E-state index contributed by atoms with van der Waals surface area (Å²) in [6, 6.07) is 15.3. The maximum Gasteiger partial charge on any atom is 0.416 e. The highest BCUT2D eigenvalue weighted by Gasteiger charge is 2.45. The molecule has 4 rings (SSSR count). The zero-order valence-electron chi connectivity index (χ0n) is 16.7. The molecule has 2 aliphatic heterocycles. The second-order valence-corrected chi connectivity index (χ2v) is 8.37. The van der Waals surface area contributed by atoms with Crippen LogP contribution >= 0.6 is 0 Å². The maximum atomic E-state index is 13.0. The van der Waals surface area contributed by atoms with E-state index in [1.165, 1.54) is 12.1 Å². The van der Waals surface area contributed by atoms with Crippen LogP contribution in [0, 0.1) is 5.41 Å². The van der Waals surface area contributed by atoms with Gasteiger partial charge in [0.2, 0.25) is 5.91 Å². The topological polar surface area (TPSA) is 32.8 Å². The third-order valence-corrected chi connectivity index (χ3v) is 5.80. The van der Waals surface area contributed by atoms with E-state index in [0.717, 1.165) is 11.6 Å². The van der Waals surface area contributed by atoms with Crippen LogP contribution in [0.5, 0.6) is 0 Å². The van der Waals surface area contributed by atoms with Gasteiger partial charge >= 0.3 is 6.18 Å². The van der Waals surface area contributed by atoms with Gasteiger partial charge in [-0.1, -0.05) is 48.5 Å². The molecule has 0 bridgehead atoms. The number of carbonyl (C=O) groups excluding carboxylic acids is 1. The van der Waals surface area contributed by atoms with Crippen LogP contribution in [-0.4, -0.2) is 48.6 Å². The second-order valence-electron chi connectivity index (χ2n) is 8.37. The predicted molar refractivity (Wildman–Crippen MR) is 106 cm³/mol. The van der Waals surface area contributed by atoms with Crippen molar-refractivity contribution in [3.05, 3.63) is 71.3 Å². The molecule has 2 saturated heterocycles. The minimum atomic E-state index is -4.35. The molecule has 2 heterocycles. The number of nitrogens with zero attached hydrogens (tertiary/aromatic N) is 2. The highest BCUT2D eigenvalue weighted by Crippen LogP contribution is 2.36. The highest BCUT2D eigenvalue weighted by atomic mass is 19.4. The van der Waals surface area contributed by atoms with Gasteiger partial charge in [0, 0.05) is 44.6 Å². The molecule has 0 aliphatic carbocycles. The molecule has 4 nitrogen and oxygen atoms in total. The lowest BCUT2D eigenvalue weighted by molar-refractivity contribution is -0.137. The Bertz CT molecular complexity index is 888. The number of amides is 1. The average Bonchev–Trinajstić information content (AvgIpc) is 2.87. The average molecular weight is 418 g/mol. The number of halogens is 3. The fourth-order valence-corrected chi connectivity index (χ4v) is 4.45. The number of rotatable bonds is 4. The van der Waals surface area contributed by atoms with Crippen LogP contribution in [-0.2, 0) is 28.8 Å². The quantitative estimate of drug-likeness (QED) is 0.754. The minimum absolute atomic E-state index is 0.100. The van der Waals surface area contributed by atoms with Crippen LogP contribution in [0.15, 0.2) is 54.6 Å². The standard InChI is InChI=1S/C23H25F3N2O2/c24-23(25,26)20-8-4-7-19(11-20)13-27-9-10-30-17-22(15-27)12-21(29)28(16-22)14-18-5-2-1-3-6-18/h1-8,11H,9-10,12-17H2. The second kappa shape index (κ2) is 8.40. The van der Waals surface area contributed by atoms with E-state index in [1.807, 2.05) is 35.2 Å². The van der Waals surface area contributed by atoms with Crippen molar-refractivity contribution in [2.45, 2.75) is 25.7 Å². The molecule has 2 aromatic rings. The number of hydrogen-bond donors (Lipinski definition) is 0. The van der Waals surface area contributed by atoms with Crippen LogP contribution in [0.2, 0.25) is 0 Å². The molecule has 0 N–H and O–H groups in total. The van der Waals surface area contributed by atoms with Crippen molar-refractivity contribution in [1.29, 1.82) is 0 Å². The summed E-state index contributed by atoms with van der Waals surface area (Å²) in [6.45, 7) is 3.82. The van der Waals surface area contributed by atoms with E-state index in [2.05, 4.69) is 4.90 Å². The molecular weight excluding hydrogens is 393 g/mol. The van der Waals surface area contributed by atoms with Gasteiger partial charge in [0.05, 0.1) is 18.8 Å². The number of ether oxygens (including phenoxy) is 1. The third kappa shape index (κ3) is 4.84. The van der Waals surface area contributed by atoms with Crippen molar-refractivity contribution >= 4 is 5.91 Å². The van der Waals surface area contributed by atoms with Gasteiger partial charge in [0.25, 0.3) is 0 Å². The Labute approximate surface area is 174 Å². The van der Waals surface area contributed by atoms with Gasteiger partial charge in [-0.15, -0.1) is 0 Å². The van der Waals surface area contributed by atoms with Crippen LogP contribution < -0.4 is 0 Å². The molecule has 0 saturated carbocycles. The SMILES string of the molecule is O=C1CC2(COCCN(Cc3cccc(C(F)(F)F)c3)C2)CN1Cc1ccccc1. The Morgan fingerprint density at radius 3 is 2.50 bits per heavy atom. The summed E-state index contributed by atoms with van der Waals surface area (Å²) in [4.78, 5) is 16.7. The smallest absolute Gasteiger partial charge is 0.379 e. The molecule has 2 aromatic carbocycles. The number of likely N-dealkylation sites (tertiary alicyclic amines) is 1. The van der Waals surface area contributed by atoms with Crippen molar-refractivity contribution in [2.24, 2.45) is 5.41 Å². The van der Waals surface area contributed by atoms with Gasteiger partial charge in [-0.25, -0.2) is 0 Å². The van der Waals surface area contributed by atoms with Crippen molar-refractivity contribution < 1.29 is 22.7 Å². The van der Waals surface area contributed by atoms with Gasteiger partial charge in [0.1, 0.15) is 0 Å². The number of alkyl halides is 3. The van der Waals surface area contributed by atoms with E-state index < -0.39 is 11.7 Å². The molecule has 7 heteroatoms. The summed E-state index contributed by atoms with van der Waals surface area (Å²) in [7, 11) is 0. The van der Waals surface area contributed by atoms with E-state index in [9.17, 15) is 18.0 Å². The largest absolute Gasteiger partial charge is 0.416 e. The first-order valence-corrected chi connectivity index (χ1v) is 10.1. The fourth-order valence-electron chi connectivity index (χ4n) is 4.45. The number of benzene rings is 2. The van der Waals surface area contributed by atoms with Crippen LogP contribution in [0.25, 0.3) is 0 Å². The maximum absolute atomic E-state index is 13.0. The fraction of sp³-hybridized carbons (Fsp3) is 0.435. The molecule has 30 heavy (non-hydrogen) atoms. The molecule has 2 fully saturated rings. The van der Waals surface area contributed by atoms with Gasteiger partial charge < -0.3 is 9.64 Å². The Hall–Kier alpha value is -2.38. The van der Waals surface area contributed by atoms with Crippen LogP contribution in [0.1, 0.15) is 23.1 Å². The third-order valence-electron chi connectivity index (χ3n) is 5.80. The summed E-state index contributed by atoms with van der Waals surface area (Å²) in [5, 5.41) is 0. The molecule has 0 radical (unpaired) electrons. The van der Waals surface area contributed by atoms with E-state index >= 15 is 0 Å². The molecule has 160 valence electrons. The lowest BCUT2D eigenvalue weighted by Gasteiger charge is -2.31. The highest BCUT2D eigenvalue weighted by molar-refractivity contribution is 5.79. The lowest BCUT2D eigenvalue weighted by Crippen LogP contribution is -2.40. The van der Waals surface area contributed by atoms with Crippen LogP contribution in [0.4, 0.5) is 13.2 Å². The van der Waals surface area contributed by atoms with Gasteiger partial charge in [-0.05, 0) is 17.2 Å². The van der Waals surface area contributed by atoms with Crippen molar-refractivity contribution in [3.63, 3.8) is 0 Å². The van der Waals surface area contributed by atoms with E-state index in [4.69, 9.17) is 4.74 Å². The normalized spacial score (nSPS) is 23.2. The summed E-state index contributed by atoms with van der Waals surface area (Å²) < 4.78 is 44.9. The Morgan fingerprint density at radius 2 is 1.73 bits per heavy atom. The first kappa shape index (κ1) is 20.9. The summed E-state index contributed by atoms with van der Waals surface area (Å²) >= 11 is 0. The predicted octanol–water partition coefficient (Wildman–Crippen LogP) is 3.96. The zero-order chi connectivity index (χ0) is 21.2. The summed E-state index contributed by atoms with van der Waals surface area (Å²) in [5.41, 5.74) is 0.737. The molecule has 2 aliphatic rings. The Balaban J connectivity index is 1.46. The number of carbonyl (C=O) groups is 1. The first-order chi connectivity index (χ1) is 14.3. The van der Waals surface area contributed by atoms with Crippen molar-refractivity contribution in [3.8, 4) is 0 Å². The minimum Gasteiger partial charge on any atom is -0.379 e. The molecule has 0 aromatic heterocycles. The summed E-state index contributed by atoms with van der Waals surface area (Å²) in [5.74, 6) is 0.100. The number of hydrogen-bond acceptors (Lipinski definition) is 3. The zero-order valence-corrected chi connectivity index (χ0v) is 16.7. The molecule has 1 spiro atoms. The monoisotopic (exact) mass is 418 g/mol. The Kier molecular flexibility index (Phi) is 5.84. The Morgan fingerprint density at radius 1 is 0.967 bits per heavy atom. The van der Waals surface area contributed by atoms with Gasteiger partial charge in [-0.3, -0.25) is 9.69 Å². The van der Waals surface area contributed by atoms with Crippen molar-refractivity contribution in [1.82, 2.24) is 9.80 Å². The van der Waals surface area contributed by atoms with Crippen LogP contribution in [0.3, 0.4) is 0 Å². The van der Waals surface area contributed by atoms with Gasteiger partial charge in [0.15, 0.2) is 0 Å². The lowest BCUT2D eigenvalue weighted by atomic mass is 9.87.